The van der Waals surface area contributed by atoms with Crippen molar-refractivity contribution < 1.29 is 17.9 Å². The molecule has 26 heavy (non-hydrogen) atoms. The molecule has 1 amide bonds. The largest absolute Gasteiger partial charge is 0.383 e. The number of hydrogen-bond acceptors (Lipinski definition) is 4. The standard InChI is InChI=1S/C18H21ClN2O4S/c1-25-11-10-20-18(22)15-8-6-14(7-9-15)13-21(26(2,23)24)17-5-3-4-16(19)12-17/h3-9,12H,10-11,13H2,1-2H3,(H,20,22). The van der Waals surface area contributed by atoms with Gasteiger partial charge in [0.25, 0.3) is 5.91 Å². The molecule has 8 heteroatoms. The Hall–Kier alpha value is -2.09. The second-order valence-electron chi connectivity index (χ2n) is 5.70. The summed E-state index contributed by atoms with van der Waals surface area (Å²) < 4.78 is 30.5. The van der Waals surface area contributed by atoms with Crippen molar-refractivity contribution in [2.45, 2.75) is 6.54 Å². The normalized spacial score (nSPS) is 11.2. The molecule has 0 bridgehead atoms. The summed E-state index contributed by atoms with van der Waals surface area (Å²) in [7, 11) is -1.93. The summed E-state index contributed by atoms with van der Waals surface area (Å²) in [6.45, 7) is 1.01. The summed E-state index contributed by atoms with van der Waals surface area (Å²) in [5.74, 6) is -0.205. The van der Waals surface area contributed by atoms with Crippen molar-refractivity contribution in [2.24, 2.45) is 0 Å². The fourth-order valence-corrected chi connectivity index (χ4v) is 3.39. The molecular weight excluding hydrogens is 376 g/mol. The maximum absolute atomic E-state index is 12.2. The molecule has 0 saturated heterocycles. The summed E-state index contributed by atoms with van der Waals surface area (Å²) >= 11 is 5.97. The first-order valence-corrected chi connectivity index (χ1v) is 10.1. The number of carbonyl (C=O) groups excluding carboxylic acids is 1. The predicted octanol–water partition coefficient (Wildman–Crippen LogP) is 2.68. The van der Waals surface area contributed by atoms with Crippen molar-refractivity contribution >= 4 is 33.2 Å². The lowest BCUT2D eigenvalue weighted by Crippen LogP contribution is -2.29. The van der Waals surface area contributed by atoms with Gasteiger partial charge >= 0.3 is 0 Å². The Morgan fingerprint density at radius 3 is 2.46 bits per heavy atom. The van der Waals surface area contributed by atoms with E-state index in [1.165, 1.54) is 4.31 Å². The lowest BCUT2D eigenvalue weighted by Gasteiger charge is -2.22. The van der Waals surface area contributed by atoms with Crippen LogP contribution < -0.4 is 9.62 Å². The van der Waals surface area contributed by atoms with Gasteiger partial charge in [-0.25, -0.2) is 8.42 Å². The Bertz CT molecular complexity index is 854. The van der Waals surface area contributed by atoms with Gasteiger partial charge in [0, 0.05) is 24.2 Å². The van der Waals surface area contributed by atoms with Crippen LogP contribution in [0.4, 0.5) is 5.69 Å². The van der Waals surface area contributed by atoms with E-state index in [9.17, 15) is 13.2 Å². The topological polar surface area (TPSA) is 75.7 Å². The van der Waals surface area contributed by atoms with Crippen LogP contribution in [0.3, 0.4) is 0 Å². The van der Waals surface area contributed by atoms with Gasteiger partial charge in [-0.1, -0.05) is 29.8 Å². The lowest BCUT2D eigenvalue weighted by molar-refractivity contribution is 0.0937. The molecule has 0 fully saturated rings. The molecule has 0 heterocycles. The lowest BCUT2D eigenvalue weighted by atomic mass is 10.1. The number of methoxy groups -OCH3 is 1. The minimum absolute atomic E-state index is 0.144. The fourth-order valence-electron chi connectivity index (χ4n) is 2.33. The molecule has 0 atom stereocenters. The van der Waals surface area contributed by atoms with Crippen LogP contribution in [0.2, 0.25) is 5.02 Å². The number of sulfonamides is 1. The predicted molar refractivity (Wildman–Crippen MR) is 103 cm³/mol. The molecule has 0 unspecified atom stereocenters. The van der Waals surface area contributed by atoms with Gasteiger partial charge in [-0.05, 0) is 35.9 Å². The summed E-state index contributed by atoms with van der Waals surface area (Å²) in [4.78, 5) is 12.0. The zero-order chi connectivity index (χ0) is 19.2. The molecule has 0 aromatic heterocycles. The van der Waals surface area contributed by atoms with E-state index in [2.05, 4.69) is 5.32 Å². The highest BCUT2D eigenvalue weighted by molar-refractivity contribution is 7.92. The summed E-state index contributed by atoms with van der Waals surface area (Å²) in [6, 6.07) is 13.4. The molecule has 0 aliphatic rings. The SMILES string of the molecule is COCCNC(=O)c1ccc(CN(c2cccc(Cl)c2)S(C)(=O)=O)cc1. The van der Waals surface area contributed by atoms with Crippen molar-refractivity contribution in [1.29, 1.82) is 0 Å². The Morgan fingerprint density at radius 1 is 1.19 bits per heavy atom. The number of rotatable bonds is 8. The number of ether oxygens (including phenoxy) is 1. The van der Waals surface area contributed by atoms with Crippen LogP contribution in [0.5, 0.6) is 0 Å². The molecule has 0 spiro atoms. The van der Waals surface area contributed by atoms with Crippen LogP contribution in [0.15, 0.2) is 48.5 Å². The maximum Gasteiger partial charge on any atom is 0.251 e. The van der Waals surface area contributed by atoms with Crippen LogP contribution in [-0.4, -0.2) is 40.8 Å². The van der Waals surface area contributed by atoms with Gasteiger partial charge in [0.2, 0.25) is 10.0 Å². The van der Waals surface area contributed by atoms with Gasteiger partial charge in [0.05, 0.1) is 25.1 Å². The fraction of sp³-hybridized carbons (Fsp3) is 0.278. The van der Waals surface area contributed by atoms with Crippen LogP contribution >= 0.6 is 11.6 Å². The van der Waals surface area contributed by atoms with Gasteiger partial charge in [0.15, 0.2) is 0 Å². The molecule has 0 radical (unpaired) electrons. The van der Waals surface area contributed by atoms with E-state index in [4.69, 9.17) is 16.3 Å². The Balaban J connectivity index is 2.15. The Morgan fingerprint density at radius 2 is 1.88 bits per heavy atom. The van der Waals surface area contributed by atoms with Crippen molar-refractivity contribution in [1.82, 2.24) is 5.32 Å². The van der Waals surface area contributed by atoms with E-state index in [0.717, 1.165) is 11.8 Å². The molecule has 2 aromatic rings. The number of nitrogens with zero attached hydrogens (tertiary/aromatic N) is 1. The first-order valence-electron chi connectivity index (χ1n) is 7.90. The van der Waals surface area contributed by atoms with Crippen molar-refractivity contribution in [2.75, 3.05) is 30.8 Å². The average molecular weight is 397 g/mol. The minimum Gasteiger partial charge on any atom is -0.383 e. The van der Waals surface area contributed by atoms with E-state index >= 15 is 0 Å². The molecule has 140 valence electrons. The summed E-state index contributed by atoms with van der Waals surface area (Å²) in [5, 5.41) is 3.19. The molecule has 2 aromatic carbocycles. The third kappa shape index (κ3) is 5.72. The van der Waals surface area contributed by atoms with E-state index < -0.39 is 10.0 Å². The zero-order valence-corrected chi connectivity index (χ0v) is 16.2. The zero-order valence-electron chi connectivity index (χ0n) is 14.6. The highest BCUT2D eigenvalue weighted by atomic mass is 35.5. The summed E-state index contributed by atoms with van der Waals surface area (Å²) in [5.41, 5.74) is 1.74. The average Bonchev–Trinajstić information content (AvgIpc) is 2.59. The van der Waals surface area contributed by atoms with Crippen LogP contribution in [0.25, 0.3) is 0 Å². The number of anilines is 1. The molecule has 0 aliphatic heterocycles. The molecular formula is C18H21ClN2O4S. The summed E-state index contributed by atoms with van der Waals surface area (Å²) in [6.07, 6.45) is 1.14. The van der Waals surface area contributed by atoms with Crippen LogP contribution in [-0.2, 0) is 21.3 Å². The number of carbonyl (C=O) groups is 1. The Labute approximate surface area is 158 Å². The van der Waals surface area contributed by atoms with E-state index in [1.807, 2.05) is 0 Å². The minimum atomic E-state index is -3.49. The van der Waals surface area contributed by atoms with Gasteiger partial charge in [-0.2, -0.15) is 0 Å². The Kier molecular flexibility index (Phi) is 7.02. The number of benzene rings is 2. The molecule has 0 aliphatic carbocycles. The highest BCUT2D eigenvalue weighted by Gasteiger charge is 2.18. The smallest absolute Gasteiger partial charge is 0.251 e. The number of nitrogens with one attached hydrogen (secondary N) is 1. The van der Waals surface area contributed by atoms with E-state index in [1.54, 1.807) is 55.6 Å². The van der Waals surface area contributed by atoms with E-state index in [-0.39, 0.29) is 12.5 Å². The molecule has 2 rings (SSSR count). The van der Waals surface area contributed by atoms with Gasteiger partial charge < -0.3 is 10.1 Å². The first kappa shape index (κ1) is 20.2. The van der Waals surface area contributed by atoms with E-state index in [0.29, 0.717) is 29.4 Å². The van der Waals surface area contributed by atoms with Gasteiger partial charge in [0.1, 0.15) is 0 Å². The molecule has 1 N–H and O–H groups in total. The monoisotopic (exact) mass is 396 g/mol. The van der Waals surface area contributed by atoms with Crippen molar-refractivity contribution in [3.63, 3.8) is 0 Å². The molecule has 0 saturated carbocycles. The van der Waals surface area contributed by atoms with Crippen molar-refractivity contribution in [3.8, 4) is 0 Å². The second-order valence-corrected chi connectivity index (χ2v) is 8.04. The number of halogens is 1. The second kappa shape index (κ2) is 9.02. The molecule has 6 nitrogen and oxygen atoms in total. The van der Waals surface area contributed by atoms with Crippen LogP contribution in [0, 0.1) is 0 Å². The van der Waals surface area contributed by atoms with Crippen molar-refractivity contribution in [3.05, 3.63) is 64.7 Å². The third-order valence-electron chi connectivity index (χ3n) is 3.63. The third-order valence-corrected chi connectivity index (χ3v) is 5.01. The van der Waals surface area contributed by atoms with Crippen LogP contribution in [0.1, 0.15) is 15.9 Å². The number of amides is 1. The van der Waals surface area contributed by atoms with Gasteiger partial charge in [-0.3, -0.25) is 9.10 Å². The highest BCUT2D eigenvalue weighted by Crippen LogP contribution is 2.24. The first-order chi connectivity index (χ1) is 12.3. The maximum atomic E-state index is 12.2. The van der Waals surface area contributed by atoms with Gasteiger partial charge in [-0.15, -0.1) is 0 Å². The quantitative estimate of drug-likeness (QED) is 0.696. The number of hydrogen-bond donors (Lipinski definition) is 1.